The highest BCUT2D eigenvalue weighted by Crippen LogP contribution is 2.34. The molecule has 0 amide bonds. The van der Waals surface area contributed by atoms with Crippen LogP contribution in [-0.4, -0.2) is 95.8 Å². The first-order valence-electron chi connectivity index (χ1n) is 9.83. The quantitative estimate of drug-likeness (QED) is 0.624. The number of likely N-dealkylation sites (N-methyl/N-ethyl adjacent to an activating group) is 1. The Bertz CT molecular complexity index is 800. The molecule has 2 atom stereocenters. The number of aliphatic hydroxyl groups is 2. The lowest BCUT2D eigenvalue weighted by atomic mass is 10.2. The number of benzene rings is 1. The predicted molar refractivity (Wildman–Crippen MR) is 115 cm³/mol. The highest BCUT2D eigenvalue weighted by molar-refractivity contribution is 6.37. The van der Waals surface area contributed by atoms with Gasteiger partial charge in [-0.3, -0.25) is 4.90 Å². The second-order valence-corrected chi connectivity index (χ2v) is 8.29. The third kappa shape index (κ3) is 5.11. The zero-order valence-electron chi connectivity index (χ0n) is 17.1. The Morgan fingerprint density at radius 1 is 1.13 bits per heavy atom. The van der Waals surface area contributed by atoms with Crippen LogP contribution in [0.3, 0.4) is 0 Å². The van der Waals surface area contributed by atoms with Gasteiger partial charge in [-0.05, 0) is 31.7 Å². The van der Waals surface area contributed by atoms with E-state index in [1.165, 1.54) is 4.90 Å². The van der Waals surface area contributed by atoms with Crippen LogP contribution in [0.4, 0.5) is 0 Å². The molecule has 0 saturated carbocycles. The molecule has 0 spiro atoms. The number of nitriles is 1. The largest absolute Gasteiger partial charge is 0.490 e. The number of ether oxygens (including phenoxy) is 1. The summed E-state index contributed by atoms with van der Waals surface area (Å²) in [7, 11) is 3.50. The fourth-order valence-electron chi connectivity index (χ4n) is 3.65. The summed E-state index contributed by atoms with van der Waals surface area (Å²) in [5, 5.41) is 30.0. The van der Waals surface area contributed by atoms with E-state index in [1.54, 1.807) is 30.2 Å². The van der Waals surface area contributed by atoms with E-state index in [0.29, 0.717) is 28.0 Å². The Balaban J connectivity index is 1.44. The molecule has 164 valence electrons. The average Bonchev–Trinajstić information content (AvgIpc) is 2.74. The van der Waals surface area contributed by atoms with E-state index in [-0.39, 0.29) is 0 Å². The van der Waals surface area contributed by atoms with Crippen molar-refractivity contribution in [2.45, 2.75) is 19.0 Å². The summed E-state index contributed by atoms with van der Waals surface area (Å²) in [5.41, 5.74) is 0.403. The van der Waals surface area contributed by atoms with Gasteiger partial charge in [0.2, 0.25) is 0 Å². The molecule has 2 unspecified atom stereocenters. The van der Waals surface area contributed by atoms with Gasteiger partial charge in [0, 0.05) is 39.8 Å². The van der Waals surface area contributed by atoms with Crippen LogP contribution in [0.2, 0.25) is 10.0 Å². The van der Waals surface area contributed by atoms with Gasteiger partial charge in [-0.15, -0.1) is 0 Å². The van der Waals surface area contributed by atoms with E-state index in [2.05, 4.69) is 9.80 Å². The third-order valence-corrected chi connectivity index (χ3v) is 6.04. The standard InChI is InChI=1S/C20H27Cl2N5O3/c1-24-17(12-18(28)25(2)20(24)29)27-7-5-26(6-8-27)4-3-9-30-19-15(21)10-14(13-23)11-16(19)22/h10-12,18,20,28-29H,3-9H2,1-2H3. The van der Waals surface area contributed by atoms with Crippen molar-refractivity contribution in [3.05, 3.63) is 39.6 Å². The molecule has 0 aromatic heterocycles. The van der Waals surface area contributed by atoms with E-state index in [1.807, 2.05) is 13.1 Å². The van der Waals surface area contributed by atoms with Crippen molar-refractivity contribution < 1.29 is 14.9 Å². The second-order valence-electron chi connectivity index (χ2n) is 7.47. The van der Waals surface area contributed by atoms with Crippen LogP contribution in [0.15, 0.2) is 24.0 Å². The number of aliphatic hydroxyl groups excluding tert-OH is 2. The molecular formula is C20H27Cl2N5O3. The lowest BCUT2D eigenvalue weighted by molar-refractivity contribution is -0.150. The average molecular weight is 456 g/mol. The van der Waals surface area contributed by atoms with Crippen LogP contribution in [0.1, 0.15) is 12.0 Å². The van der Waals surface area contributed by atoms with E-state index >= 15 is 0 Å². The Kier molecular flexibility index (Phi) is 7.69. The molecule has 2 aliphatic heterocycles. The highest BCUT2D eigenvalue weighted by Gasteiger charge is 2.32. The molecular weight excluding hydrogens is 429 g/mol. The van der Waals surface area contributed by atoms with Crippen LogP contribution in [0.25, 0.3) is 0 Å². The van der Waals surface area contributed by atoms with Gasteiger partial charge in [0.25, 0.3) is 0 Å². The number of hydrogen-bond donors (Lipinski definition) is 2. The summed E-state index contributed by atoms with van der Waals surface area (Å²) in [6.45, 7) is 4.74. The van der Waals surface area contributed by atoms with Gasteiger partial charge in [0.1, 0.15) is 12.0 Å². The Morgan fingerprint density at radius 2 is 1.77 bits per heavy atom. The minimum absolute atomic E-state index is 0.340. The SMILES string of the molecule is CN1C(N2CCN(CCCOc3c(Cl)cc(C#N)cc3Cl)CC2)=CC(O)N(C)C1O. The lowest BCUT2D eigenvalue weighted by Gasteiger charge is -2.46. The van der Waals surface area contributed by atoms with Crippen molar-refractivity contribution in [2.75, 3.05) is 53.4 Å². The van der Waals surface area contributed by atoms with E-state index in [9.17, 15) is 10.2 Å². The van der Waals surface area contributed by atoms with Crippen molar-refractivity contribution in [1.82, 2.24) is 19.6 Å². The molecule has 1 saturated heterocycles. The summed E-state index contributed by atoms with van der Waals surface area (Å²) in [6.07, 6.45) is 0.928. The second kappa shape index (κ2) is 10.1. The van der Waals surface area contributed by atoms with E-state index < -0.39 is 12.6 Å². The number of piperazine rings is 1. The fourth-order valence-corrected chi connectivity index (χ4v) is 4.25. The predicted octanol–water partition coefficient (Wildman–Crippen LogP) is 1.56. The molecule has 10 heteroatoms. The van der Waals surface area contributed by atoms with Gasteiger partial charge >= 0.3 is 0 Å². The first kappa shape index (κ1) is 22.9. The van der Waals surface area contributed by atoms with Crippen molar-refractivity contribution >= 4 is 23.2 Å². The summed E-state index contributed by atoms with van der Waals surface area (Å²) >= 11 is 12.3. The topological polar surface area (TPSA) is 86.4 Å². The molecule has 0 radical (unpaired) electrons. The van der Waals surface area contributed by atoms with Crippen LogP contribution >= 0.6 is 23.2 Å². The molecule has 0 bridgehead atoms. The highest BCUT2D eigenvalue weighted by atomic mass is 35.5. The van der Waals surface area contributed by atoms with E-state index in [0.717, 1.165) is 45.0 Å². The zero-order chi connectivity index (χ0) is 21.8. The molecule has 30 heavy (non-hydrogen) atoms. The molecule has 2 N–H and O–H groups in total. The molecule has 1 aromatic carbocycles. The smallest absolute Gasteiger partial charge is 0.189 e. The molecule has 1 fully saturated rings. The minimum atomic E-state index is -0.851. The Labute approximate surface area is 187 Å². The number of hydrogen-bond acceptors (Lipinski definition) is 8. The Morgan fingerprint density at radius 3 is 2.37 bits per heavy atom. The van der Waals surface area contributed by atoms with Gasteiger partial charge in [-0.1, -0.05) is 23.2 Å². The van der Waals surface area contributed by atoms with Crippen LogP contribution in [-0.2, 0) is 0 Å². The monoisotopic (exact) mass is 455 g/mol. The van der Waals surface area contributed by atoms with Gasteiger partial charge < -0.3 is 24.7 Å². The van der Waals surface area contributed by atoms with Crippen molar-refractivity contribution in [2.24, 2.45) is 0 Å². The first-order chi connectivity index (χ1) is 14.3. The Hall–Kier alpha value is -1.73. The normalized spacial score (nSPS) is 23.3. The van der Waals surface area contributed by atoms with Crippen LogP contribution in [0.5, 0.6) is 5.75 Å². The van der Waals surface area contributed by atoms with Crippen molar-refractivity contribution in [1.29, 1.82) is 5.26 Å². The summed E-state index contributed by atoms with van der Waals surface area (Å²) in [5.74, 6) is 1.26. The van der Waals surface area contributed by atoms with Gasteiger partial charge in [0.15, 0.2) is 12.1 Å². The summed E-state index contributed by atoms with van der Waals surface area (Å²) < 4.78 is 5.74. The van der Waals surface area contributed by atoms with Gasteiger partial charge in [-0.25, -0.2) is 4.90 Å². The van der Waals surface area contributed by atoms with Gasteiger partial charge in [0.05, 0.1) is 28.3 Å². The van der Waals surface area contributed by atoms with Crippen molar-refractivity contribution in [3.63, 3.8) is 0 Å². The third-order valence-electron chi connectivity index (χ3n) is 5.48. The molecule has 8 nitrogen and oxygen atoms in total. The maximum Gasteiger partial charge on any atom is 0.189 e. The van der Waals surface area contributed by atoms with Crippen LogP contribution < -0.4 is 4.74 Å². The summed E-state index contributed by atoms with van der Waals surface area (Å²) in [4.78, 5) is 7.79. The number of halogens is 2. The maximum atomic E-state index is 10.2. The first-order valence-corrected chi connectivity index (χ1v) is 10.6. The maximum absolute atomic E-state index is 10.2. The zero-order valence-corrected chi connectivity index (χ0v) is 18.6. The number of rotatable bonds is 6. The van der Waals surface area contributed by atoms with Crippen LogP contribution in [0, 0.1) is 11.3 Å². The molecule has 2 aliphatic rings. The summed E-state index contributed by atoms with van der Waals surface area (Å²) in [6, 6.07) is 5.10. The number of nitrogens with zero attached hydrogens (tertiary/aromatic N) is 5. The molecule has 2 heterocycles. The minimum Gasteiger partial charge on any atom is -0.490 e. The van der Waals surface area contributed by atoms with E-state index in [4.69, 9.17) is 33.2 Å². The fraction of sp³-hybridized carbons (Fsp3) is 0.550. The molecule has 3 rings (SSSR count). The lowest BCUT2D eigenvalue weighted by Crippen LogP contribution is -2.57. The molecule has 0 aliphatic carbocycles. The molecule has 1 aromatic rings. The van der Waals surface area contributed by atoms with Crippen molar-refractivity contribution in [3.8, 4) is 11.8 Å². The van der Waals surface area contributed by atoms with Gasteiger partial charge in [-0.2, -0.15) is 5.26 Å².